The van der Waals surface area contributed by atoms with Crippen LogP contribution in [0.25, 0.3) is 0 Å². The van der Waals surface area contributed by atoms with Gasteiger partial charge in [0.2, 0.25) is 0 Å². The van der Waals surface area contributed by atoms with Crippen LogP contribution in [0.1, 0.15) is 92.9 Å². The first kappa shape index (κ1) is 17.5. The number of rotatable bonds is 0. The van der Waals surface area contributed by atoms with Gasteiger partial charge in [-0.1, -0.05) is 63.8 Å². The third-order valence-electron chi connectivity index (χ3n) is 5.43. The van der Waals surface area contributed by atoms with Crippen LogP contribution in [0.3, 0.4) is 0 Å². The van der Waals surface area contributed by atoms with Crippen LogP contribution in [0.4, 0.5) is 0 Å². The molecule has 0 heteroatoms. The predicted octanol–water partition coefficient (Wildman–Crippen LogP) is 7.07. The molecule has 0 aromatic heterocycles. The largest absolute Gasteiger partial charge is 0.0879 e. The molecule has 0 amide bonds. The Bertz CT molecular complexity index is 316. The first-order valence-corrected chi connectivity index (χ1v) is 8.65. The molecule has 0 atom stereocenters. The molecule has 0 heterocycles. The molecule has 2 saturated carbocycles. The van der Waals surface area contributed by atoms with E-state index in [4.69, 9.17) is 0 Å². The van der Waals surface area contributed by atoms with Gasteiger partial charge in [-0.15, -0.1) is 0 Å². The quantitative estimate of drug-likeness (QED) is 0.415. The van der Waals surface area contributed by atoms with Gasteiger partial charge in [0, 0.05) is 0 Å². The minimum atomic E-state index is 0.507. The van der Waals surface area contributed by atoms with Crippen molar-refractivity contribution in [2.24, 2.45) is 10.8 Å². The second kappa shape index (κ2) is 7.48. The first-order valence-electron chi connectivity index (χ1n) is 8.65. The molecule has 0 nitrogen and oxygen atoms in total. The number of allylic oxidation sites excluding steroid dienone is 4. The summed E-state index contributed by atoms with van der Waals surface area (Å²) in [5, 5.41) is 0. The lowest BCUT2D eigenvalue weighted by Gasteiger charge is -2.32. The fourth-order valence-corrected chi connectivity index (χ4v) is 3.83. The Morgan fingerprint density at radius 2 is 1.00 bits per heavy atom. The number of hydrogen-bond donors (Lipinski definition) is 0. The summed E-state index contributed by atoms with van der Waals surface area (Å²) in [4.78, 5) is 0. The van der Waals surface area contributed by atoms with Gasteiger partial charge >= 0.3 is 0 Å². The van der Waals surface area contributed by atoms with Crippen molar-refractivity contribution in [2.45, 2.75) is 92.9 Å². The Balaban J connectivity index is 0.000000200. The monoisotopic (exact) mass is 276 g/mol. The van der Waals surface area contributed by atoms with Crippen molar-refractivity contribution >= 4 is 0 Å². The molecule has 0 bridgehead atoms. The average Bonchev–Trinajstić information content (AvgIpc) is 2.38. The highest BCUT2D eigenvalue weighted by Crippen LogP contribution is 2.40. The van der Waals surface area contributed by atoms with Crippen molar-refractivity contribution in [3.05, 3.63) is 23.3 Å². The summed E-state index contributed by atoms with van der Waals surface area (Å²) in [6, 6.07) is 0. The second-order valence-corrected chi connectivity index (χ2v) is 7.81. The molecule has 2 aliphatic carbocycles. The Kier molecular flexibility index (Phi) is 6.55. The smallest absolute Gasteiger partial charge is 0.0145 e. The van der Waals surface area contributed by atoms with Crippen LogP contribution >= 0.6 is 0 Å². The van der Waals surface area contributed by atoms with Gasteiger partial charge < -0.3 is 0 Å². The molecule has 0 saturated heterocycles. The summed E-state index contributed by atoms with van der Waals surface area (Å²) < 4.78 is 0. The van der Waals surface area contributed by atoms with Gasteiger partial charge in [-0.25, -0.2) is 0 Å². The molecular formula is C20H36. The molecule has 0 spiro atoms. The van der Waals surface area contributed by atoms with E-state index in [-0.39, 0.29) is 0 Å². The summed E-state index contributed by atoms with van der Waals surface area (Å²) >= 11 is 0. The predicted molar refractivity (Wildman–Crippen MR) is 92.0 cm³/mol. The van der Waals surface area contributed by atoms with E-state index in [1.807, 2.05) is 0 Å². The van der Waals surface area contributed by atoms with Crippen molar-refractivity contribution in [1.82, 2.24) is 0 Å². The molecule has 2 fully saturated rings. The Morgan fingerprint density at radius 3 is 1.20 bits per heavy atom. The average molecular weight is 277 g/mol. The Hall–Kier alpha value is -0.520. The lowest BCUT2D eigenvalue weighted by molar-refractivity contribution is 0.335. The summed E-state index contributed by atoms with van der Waals surface area (Å²) in [5.74, 6) is 0. The Labute approximate surface area is 127 Å². The third kappa shape index (κ3) is 4.79. The zero-order chi connectivity index (χ0) is 15.2. The first-order chi connectivity index (χ1) is 9.33. The van der Waals surface area contributed by atoms with Crippen LogP contribution in [-0.2, 0) is 0 Å². The fraction of sp³-hybridized carbons (Fsp3) is 0.800. The van der Waals surface area contributed by atoms with E-state index in [9.17, 15) is 0 Å². The van der Waals surface area contributed by atoms with Gasteiger partial charge in [0.1, 0.15) is 0 Å². The molecule has 0 radical (unpaired) electrons. The highest BCUT2D eigenvalue weighted by molar-refractivity contribution is 5.13. The van der Waals surface area contributed by atoms with Gasteiger partial charge in [-0.05, 0) is 63.2 Å². The summed E-state index contributed by atoms with van der Waals surface area (Å²) in [7, 11) is 0. The van der Waals surface area contributed by atoms with E-state index in [1.54, 1.807) is 11.1 Å². The van der Waals surface area contributed by atoms with Crippen LogP contribution in [0.15, 0.2) is 23.3 Å². The van der Waals surface area contributed by atoms with E-state index in [0.717, 1.165) is 0 Å². The van der Waals surface area contributed by atoms with E-state index < -0.39 is 0 Å². The van der Waals surface area contributed by atoms with Crippen LogP contribution in [0.5, 0.6) is 0 Å². The van der Waals surface area contributed by atoms with Crippen LogP contribution in [-0.4, -0.2) is 0 Å². The fourth-order valence-electron chi connectivity index (χ4n) is 3.83. The van der Waals surface area contributed by atoms with Gasteiger partial charge in [0.15, 0.2) is 0 Å². The van der Waals surface area contributed by atoms with Gasteiger partial charge in [-0.2, -0.15) is 0 Å². The summed E-state index contributed by atoms with van der Waals surface area (Å²) in [5.41, 5.74) is 4.34. The van der Waals surface area contributed by atoms with E-state index in [1.165, 1.54) is 51.4 Å². The van der Waals surface area contributed by atoms with Gasteiger partial charge in [-0.3, -0.25) is 0 Å². The zero-order valence-corrected chi connectivity index (χ0v) is 14.8. The minimum Gasteiger partial charge on any atom is -0.0879 e. The van der Waals surface area contributed by atoms with Crippen molar-refractivity contribution in [2.75, 3.05) is 0 Å². The zero-order valence-electron chi connectivity index (χ0n) is 14.8. The SMILES string of the molecule is C/C=C1/CCCCC1(C)C.C/C=C1/CCCCC1(C)C. The van der Waals surface area contributed by atoms with Crippen molar-refractivity contribution in [3.8, 4) is 0 Å². The second-order valence-electron chi connectivity index (χ2n) is 7.81. The highest BCUT2D eigenvalue weighted by atomic mass is 14.3. The van der Waals surface area contributed by atoms with Crippen molar-refractivity contribution in [1.29, 1.82) is 0 Å². The molecule has 0 aromatic rings. The van der Waals surface area contributed by atoms with E-state index in [0.29, 0.717) is 10.8 Å². The molecule has 116 valence electrons. The van der Waals surface area contributed by atoms with E-state index in [2.05, 4.69) is 53.7 Å². The number of hydrogen-bond acceptors (Lipinski definition) is 0. The highest BCUT2D eigenvalue weighted by Gasteiger charge is 2.25. The molecule has 0 unspecified atom stereocenters. The van der Waals surface area contributed by atoms with Gasteiger partial charge in [0.25, 0.3) is 0 Å². The summed E-state index contributed by atoms with van der Waals surface area (Å²) in [6.45, 7) is 13.8. The normalized spacial score (nSPS) is 28.9. The molecule has 0 N–H and O–H groups in total. The van der Waals surface area contributed by atoms with Gasteiger partial charge in [0.05, 0.1) is 0 Å². The molecule has 20 heavy (non-hydrogen) atoms. The third-order valence-corrected chi connectivity index (χ3v) is 5.43. The standard InChI is InChI=1S/2C10H18/c2*1-4-9-7-5-6-8-10(9,2)3/h2*4H,5-8H2,1-3H3/b2*9-4-. The van der Waals surface area contributed by atoms with E-state index >= 15 is 0 Å². The molecule has 2 rings (SSSR count). The van der Waals surface area contributed by atoms with Crippen molar-refractivity contribution < 1.29 is 0 Å². The maximum Gasteiger partial charge on any atom is -0.0145 e. The molecule has 2 aliphatic rings. The lowest BCUT2D eigenvalue weighted by atomic mass is 9.73. The Morgan fingerprint density at radius 1 is 0.650 bits per heavy atom. The topological polar surface area (TPSA) is 0 Å². The lowest BCUT2D eigenvalue weighted by Crippen LogP contribution is -2.18. The van der Waals surface area contributed by atoms with Crippen LogP contribution < -0.4 is 0 Å². The maximum absolute atomic E-state index is 2.36. The molecular weight excluding hydrogens is 240 g/mol. The molecule has 0 aliphatic heterocycles. The molecule has 0 aromatic carbocycles. The van der Waals surface area contributed by atoms with Crippen molar-refractivity contribution in [3.63, 3.8) is 0 Å². The minimum absolute atomic E-state index is 0.507. The maximum atomic E-state index is 2.36. The van der Waals surface area contributed by atoms with Crippen LogP contribution in [0.2, 0.25) is 0 Å². The summed E-state index contributed by atoms with van der Waals surface area (Å²) in [6.07, 6.45) is 15.7. The van der Waals surface area contributed by atoms with Crippen LogP contribution in [0, 0.1) is 10.8 Å².